The quantitative estimate of drug-likeness (QED) is 0.813. The fourth-order valence-electron chi connectivity index (χ4n) is 1.46. The Bertz CT molecular complexity index is 552. The Balaban J connectivity index is 1.98. The van der Waals surface area contributed by atoms with E-state index in [9.17, 15) is 4.79 Å². The van der Waals surface area contributed by atoms with Gasteiger partial charge in [0.2, 0.25) is 5.88 Å². The van der Waals surface area contributed by atoms with Crippen molar-refractivity contribution in [3.8, 4) is 5.88 Å². The lowest BCUT2D eigenvalue weighted by Crippen LogP contribution is -2.12. The molecule has 1 aromatic carbocycles. The lowest BCUT2D eigenvalue weighted by Gasteiger charge is -2.05. The molecule has 0 saturated carbocycles. The summed E-state index contributed by atoms with van der Waals surface area (Å²) in [6.45, 7) is 1.88. The maximum atomic E-state index is 11.8. The van der Waals surface area contributed by atoms with Crippen molar-refractivity contribution >= 4 is 21.7 Å². The fraction of sp³-hybridized carbons (Fsp3) is 0.143. The van der Waals surface area contributed by atoms with Gasteiger partial charge in [-0.05, 0) is 25.1 Å². The first kappa shape index (κ1) is 12.8. The summed E-state index contributed by atoms with van der Waals surface area (Å²) in [6, 6.07) is 12.7. The van der Waals surface area contributed by atoms with Gasteiger partial charge in [-0.25, -0.2) is 4.98 Å². The summed E-state index contributed by atoms with van der Waals surface area (Å²) in [6.07, 6.45) is 0. The van der Waals surface area contributed by atoms with E-state index in [1.165, 1.54) is 0 Å². The third-order valence-corrected chi connectivity index (χ3v) is 2.91. The Kier molecular flexibility index (Phi) is 4.10. The van der Waals surface area contributed by atoms with Gasteiger partial charge in [0.05, 0.1) is 0 Å². The molecule has 4 heteroatoms. The molecule has 0 aliphatic carbocycles. The third-order valence-electron chi connectivity index (χ3n) is 2.38. The predicted molar refractivity (Wildman–Crippen MR) is 72.9 cm³/mol. The number of ketones is 1. The highest BCUT2D eigenvalue weighted by molar-refractivity contribution is 9.10. The van der Waals surface area contributed by atoms with Crippen molar-refractivity contribution in [1.82, 2.24) is 4.98 Å². The molecule has 18 heavy (non-hydrogen) atoms. The van der Waals surface area contributed by atoms with Crippen LogP contribution in [0.1, 0.15) is 16.1 Å². The van der Waals surface area contributed by atoms with Gasteiger partial charge in [-0.3, -0.25) is 4.79 Å². The molecule has 0 bridgehead atoms. The maximum absolute atomic E-state index is 11.8. The number of nitrogens with zero attached hydrogens (tertiary/aromatic N) is 1. The summed E-state index contributed by atoms with van der Waals surface area (Å²) in [5.41, 5.74) is 1.49. The summed E-state index contributed by atoms with van der Waals surface area (Å²) in [7, 11) is 0. The van der Waals surface area contributed by atoms with E-state index < -0.39 is 0 Å². The second-order valence-electron chi connectivity index (χ2n) is 3.84. The number of aryl methyl sites for hydroxylation is 1. The first-order valence-electron chi connectivity index (χ1n) is 5.50. The van der Waals surface area contributed by atoms with Gasteiger partial charge in [-0.2, -0.15) is 0 Å². The molecule has 2 rings (SSSR count). The van der Waals surface area contributed by atoms with Gasteiger partial charge in [0.1, 0.15) is 0 Å². The van der Waals surface area contributed by atoms with Crippen LogP contribution >= 0.6 is 15.9 Å². The number of rotatable bonds is 4. The van der Waals surface area contributed by atoms with Gasteiger partial charge >= 0.3 is 0 Å². The van der Waals surface area contributed by atoms with E-state index in [0.29, 0.717) is 11.4 Å². The van der Waals surface area contributed by atoms with Crippen molar-refractivity contribution in [1.29, 1.82) is 0 Å². The highest BCUT2D eigenvalue weighted by Crippen LogP contribution is 2.12. The van der Waals surface area contributed by atoms with Crippen molar-refractivity contribution in [2.75, 3.05) is 6.61 Å². The molecule has 3 nitrogen and oxygen atoms in total. The van der Waals surface area contributed by atoms with Gasteiger partial charge in [0, 0.05) is 21.8 Å². The van der Waals surface area contributed by atoms with E-state index >= 15 is 0 Å². The van der Waals surface area contributed by atoms with Gasteiger partial charge in [0.15, 0.2) is 12.4 Å². The average molecular weight is 306 g/mol. The first-order valence-corrected chi connectivity index (χ1v) is 6.30. The van der Waals surface area contributed by atoms with Crippen molar-refractivity contribution < 1.29 is 9.53 Å². The highest BCUT2D eigenvalue weighted by Gasteiger charge is 2.07. The van der Waals surface area contributed by atoms with Crippen LogP contribution in [0.5, 0.6) is 5.88 Å². The van der Waals surface area contributed by atoms with Crippen LogP contribution in [-0.2, 0) is 0 Å². The lowest BCUT2D eigenvalue weighted by molar-refractivity contribution is 0.0918. The number of hydrogen-bond acceptors (Lipinski definition) is 3. The number of benzene rings is 1. The Morgan fingerprint density at radius 3 is 2.61 bits per heavy atom. The first-order chi connectivity index (χ1) is 8.65. The van der Waals surface area contributed by atoms with Gasteiger partial charge < -0.3 is 4.74 Å². The largest absolute Gasteiger partial charge is 0.469 e. The molecule has 0 atom stereocenters. The fourth-order valence-corrected chi connectivity index (χ4v) is 1.72. The monoisotopic (exact) mass is 305 g/mol. The summed E-state index contributed by atoms with van der Waals surface area (Å²) in [5, 5.41) is 0. The molecule has 0 unspecified atom stereocenters. The number of hydrogen-bond donors (Lipinski definition) is 0. The van der Waals surface area contributed by atoms with Gasteiger partial charge in [-0.15, -0.1) is 0 Å². The maximum Gasteiger partial charge on any atom is 0.213 e. The van der Waals surface area contributed by atoms with E-state index in [-0.39, 0.29) is 12.4 Å². The lowest BCUT2D eigenvalue weighted by atomic mass is 10.1. The molecule has 0 aliphatic heterocycles. The van der Waals surface area contributed by atoms with Crippen LogP contribution in [0.25, 0.3) is 0 Å². The van der Waals surface area contributed by atoms with Crippen LogP contribution in [0, 0.1) is 6.92 Å². The summed E-state index contributed by atoms with van der Waals surface area (Å²) in [4.78, 5) is 16.0. The molecule has 0 spiro atoms. The zero-order valence-corrected chi connectivity index (χ0v) is 11.5. The van der Waals surface area contributed by atoms with Crippen LogP contribution in [0.4, 0.5) is 0 Å². The second-order valence-corrected chi connectivity index (χ2v) is 4.75. The van der Waals surface area contributed by atoms with Crippen LogP contribution in [-0.4, -0.2) is 17.4 Å². The summed E-state index contributed by atoms with van der Waals surface area (Å²) >= 11 is 3.33. The molecule has 1 heterocycles. The number of pyridine rings is 1. The average Bonchev–Trinajstić information content (AvgIpc) is 2.37. The van der Waals surface area contributed by atoms with Crippen LogP contribution in [0.2, 0.25) is 0 Å². The summed E-state index contributed by atoms with van der Waals surface area (Å²) < 4.78 is 6.31. The molecule has 0 amide bonds. The topological polar surface area (TPSA) is 39.2 Å². The van der Waals surface area contributed by atoms with Gasteiger partial charge in [-0.1, -0.05) is 34.1 Å². The smallest absolute Gasteiger partial charge is 0.213 e. The van der Waals surface area contributed by atoms with Crippen molar-refractivity contribution in [3.05, 3.63) is 58.2 Å². The molecule has 2 aromatic rings. The Morgan fingerprint density at radius 1 is 1.22 bits per heavy atom. The number of carbonyl (C=O) groups excluding carboxylic acids is 1. The zero-order chi connectivity index (χ0) is 13.0. The molecular formula is C14H12BrNO2. The van der Waals surface area contributed by atoms with Crippen molar-refractivity contribution in [3.63, 3.8) is 0 Å². The number of carbonyl (C=O) groups is 1. The molecule has 0 N–H and O–H groups in total. The van der Waals surface area contributed by atoms with Crippen molar-refractivity contribution in [2.45, 2.75) is 6.92 Å². The minimum Gasteiger partial charge on any atom is -0.469 e. The van der Waals surface area contributed by atoms with Crippen LogP contribution < -0.4 is 4.74 Å². The van der Waals surface area contributed by atoms with Crippen LogP contribution in [0.3, 0.4) is 0 Å². The van der Waals surface area contributed by atoms with E-state index in [4.69, 9.17) is 4.74 Å². The van der Waals surface area contributed by atoms with E-state index in [0.717, 1.165) is 10.2 Å². The third kappa shape index (κ3) is 3.40. The van der Waals surface area contributed by atoms with E-state index in [1.54, 1.807) is 18.2 Å². The Labute approximate surface area is 114 Å². The Morgan fingerprint density at radius 2 is 1.94 bits per heavy atom. The molecule has 92 valence electrons. The van der Waals surface area contributed by atoms with Crippen LogP contribution in [0.15, 0.2) is 46.9 Å². The van der Waals surface area contributed by atoms with E-state index in [2.05, 4.69) is 20.9 Å². The number of Topliss-reactive ketones (excluding diaryl/α,β-unsaturated/α-hetero) is 1. The molecule has 0 fully saturated rings. The minimum atomic E-state index is -0.0641. The number of ether oxygens (including phenoxy) is 1. The molecule has 0 aliphatic rings. The predicted octanol–water partition coefficient (Wildman–Crippen LogP) is 3.41. The van der Waals surface area contributed by atoms with E-state index in [1.807, 2.05) is 31.2 Å². The summed E-state index contributed by atoms with van der Waals surface area (Å²) in [5.74, 6) is 0.409. The molecule has 1 aromatic heterocycles. The number of halogens is 1. The van der Waals surface area contributed by atoms with Gasteiger partial charge in [0.25, 0.3) is 0 Å². The van der Waals surface area contributed by atoms with Crippen molar-refractivity contribution in [2.24, 2.45) is 0 Å². The SMILES string of the molecule is Cc1cccc(OCC(=O)c2ccc(Br)cc2)n1. The number of aromatic nitrogens is 1. The highest BCUT2D eigenvalue weighted by atomic mass is 79.9. The molecular weight excluding hydrogens is 294 g/mol. The normalized spacial score (nSPS) is 10.1. The molecule has 0 radical (unpaired) electrons. The minimum absolute atomic E-state index is 0.00190. The zero-order valence-electron chi connectivity index (χ0n) is 9.89. The standard InChI is InChI=1S/C14H12BrNO2/c1-10-3-2-4-14(16-10)18-9-13(17)11-5-7-12(15)8-6-11/h2-8H,9H2,1H3. The Hall–Kier alpha value is -1.68. The molecule has 0 saturated heterocycles. The second kappa shape index (κ2) is 5.78.